The second-order valence-electron chi connectivity index (χ2n) is 4.33. The van der Waals surface area contributed by atoms with Crippen molar-refractivity contribution in [2.24, 2.45) is 0 Å². The van der Waals surface area contributed by atoms with E-state index in [0.717, 1.165) is 27.3 Å². The van der Waals surface area contributed by atoms with E-state index in [2.05, 4.69) is 6.58 Å². The zero-order valence-electron chi connectivity index (χ0n) is 10.1. The van der Waals surface area contributed by atoms with Crippen molar-refractivity contribution < 1.29 is 12.6 Å². The van der Waals surface area contributed by atoms with Crippen LogP contribution in [0.3, 0.4) is 0 Å². The van der Waals surface area contributed by atoms with E-state index in [4.69, 9.17) is 4.18 Å². The Morgan fingerprint density at radius 3 is 2.63 bits per heavy atom. The molecule has 19 heavy (non-hydrogen) atoms. The van der Waals surface area contributed by atoms with Gasteiger partial charge in [0.25, 0.3) is 10.1 Å². The monoisotopic (exact) mass is 272 g/mol. The molecule has 0 amide bonds. The molecule has 0 aliphatic heterocycles. The van der Waals surface area contributed by atoms with Gasteiger partial charge in [0.2, 0.25) is 0 Å². The van der Waals surface area contributed by atoms with Crippen molar-refractivity contribution in [1.29, 1.82) is 0 Å². The van der Waals surface area contributed by atoms with E-state index in [-0.39, 0.29) is 0 Å². The predicted octanol–water partition coefficient (Wildman–Crippen LogP) is 3.40. The first-order valence-electron chi connectivity index (χ1n) is 5.86. The molecule has 1 atom stereocenters. The Morgan fingerprint density at radius 2 is 1.89 bits per heavy atom. The third-order valence-corrected chi connectivity index (χ3v) is 4.05. The first kappa shape index (κ1) is 12.1. The Hall–Kier alpha value is -1.91. The summed E-state index contributed by atoms with van der Waals surface area (Å²) >= 11 is 0. The first-order chi connectivity index (χ1) is 9.11. The number of rotatable bonds is 3. The van der Waals surface area contributed by atoms with Crippen LogP contribution in [0.4, 0.5) is 0 Å². The summed E-state index contributed by atoms with van der Waals surface area (Å²) < 4.78 is 28.2. The van der Waals surface area contributed by atoms with Crippen LogP contribution in [0.25, 0.3) is 16.8 Å². The predicted molar refractivity (Wildman–Crippen MR) is 75.9 cm³/mol. The molecule has 2 aromatic rings. The van der Waals surface area contributed by atoms with Gasteiger partial charge in [-0.3, -0.25) is 4.18 Å². The highest BCUT2D eigenvalue weighted by Gasteiger charge is 2.22. The smallest absolute Gasteiger partial charge is 0.254 e. The minimum Gasteiger partial charge on any atom is -0.254 e. The van der Waals surface area contributed by atoms with Gasteiger partial charge in [-0.1, -0.05) is 49.1 Å². The van der Waals surface area contributed by atoms with Gasteiger partial charge < -0.3 is 0 Å². The van der Waals surface area contributed by atoms with Gasteiger partial charge in [-0.15, -0.1) is 0 Å². The highest BCUT2D eigenvalue weighted by molar-refractivity contribution is 7.89. The quantitative estimate of drug-likeness (QED) is 0.804. The maximum absolute atomic E-state index is 11.5. The summed E-state index contributed by atoms with van der Waals surface area (Å²) in [5, 5.41) is 2.93. The fourth-order valence-corrected chi connectivity index (χ4v) is 2.87. The molecular formula is C15H12O3S. The molecule has 0 saturated heterocycles. The van der Waals surface area contributed by atoms with Gasteiger partial charge in [0, 0.05) is 0 Å². The lowest BCUT2D eigenvalue weighted by atomic mass is 9.92. The molecule has 2 aromatic carbocycles. The van der Waals surface area contributed by atoms with Crippen molar-refractivity contribution in [1.82, 2.24) is 0 Å². The van der Waals surface area contributed by atoms with Crippen LogP contribution >= 0.6 is 0 Å². The van der Waals surface area contributed by atoms with Crippen LogP contribution in [0, 0.1) is 0 Å². The molecule has 3 nitrogen and oxygen atoms in total. The number of hydrogen-bond donors (Lipinski definition) is 0. The van der Waals surface area contributed by atoms with Crippen LogP contribution in [0.5, 0.6) is 0 Å². The van der Waals surface area contributed by atoms with E-state index in [1.807, 2.05) is 42.5 Å². The van der Waals surface area contributed by atoms with Crippen molar-refractivity contribution in [3.05, 3.63) is 65.6 Å². The molecule has 0 saturated carbocycles. The maximum atomic E-state index is 11.5. The van der Waals surface area contributed by atoms with E-state index < -0.39 is 16.2 Å². The standard InChI is InChI=1S/C15H12O3S/c1-2-19(16,17)18-14-10-9-12-6-3-5-11-7-4-8-13(14)15(11)12/h2-10,14H,1H2. The topological polar surface area (TPSA) is 43.4 Å². The summed E-state index contributed by atoms with van der Waals surface area (Å²) in [6.45, 7) is 3.25. The minimum absolute atomic E-state index is 0.596. The maximum Gasteiger partial charge on any atom is 0.290 e. The summed E-state index contributed by atoms with van der Waals surface area (Å²) in [7, 11) is -3.71. The summed E-state index contributed by atoms with van der Waals surface area (Å²) in [5.41, 5.74) is 1.94. The van der Waals surface area contributed by atoms with Crippen molar-refractivity contribution in [3.8, 4) is 0 Å². The molecule has 0 bridgehead atoms. The number of hydrogen-bond acceptors (Lipinski definition) is 3. The Bertz CT molecular complexity index is 783. The van der Waals surface area contributed by atoms with E-state index in [1.54, 1.807) is 6.08 Å². The molecule has 0 aromatic heterocycles. The molecule has 1 unspecified atom stereocenters. The average Bonchev–Trinajstić information content (AvgIpc) is 2.42. The molecule has 96 valence electrons. The second kappa shape index (κ2) is 4.33. The lowest BCUT2D eigenvalue weighted by molar-refractivity contribution is 0.268. The zero-order chi connectivity index (χ0) is 13.5. The van der Waals surface area contributed by atoms with Crippen molar-refractivity contribution >= 4 is 27.0 Å². The largest absolute Gasteiger partial charge is 0.290 e. The lowest BCUT2D eigenvalue weighted by Gasteiger charge is -2.20. The van der Waals surface area contributed by atoms with E-state index >= 15 is 0 Å². The van der Waals surface area contributed by atoms with Gasteiger partial charge in [0.1, 0.15) is 6.10 Å². The Morgan fingerprint density at radius 1 is 1.16 bits per heavy atom. The normalized spacial score (nSPS) is 17.6. The van der Waals surface area contributed by atoms with Crippen molar-refractivity contribution in [2.75, 3.05) is 0 Å². The first-order valence-corrected chi connectivity index (χ1v) is 7.33. The van der Waals surface area contributed by atoms with E-state index in [1.165, 1.54) is 0 Å². The molecule has 0 N–H and O–H groups in total. The fourth-order valence-electron chi connectivity index (χ4n) is 2.34. The molecule has 0 spiro atoms. The lowest BCUT2D eigenvalue weighted by Crippen LogP contribution is -2.10. The molecule has 0 radical (unpaired) electrons. The van der Waals surface area contributed by atoms with Crippen LogP contribution in [0.1, 0.15) is 17.2 Å². The van der Waals surface area contributed by atoms with Gasteiger partial charge >= 0.3 is 0 Å². The highest BCUT2D eigenvalue weighted by Crippen LogP contribution is 2.36. The molecule has 1 aliphatic carbocycles. The summed E-state index contributed by atoms with van der Waals surface area (Å²) in [6, 6.07) is 11.8. The molecule has 1 aliphatic rings. The van der Waals surface area contributed by atoms with Crippen LogP contribution in [0.15, 0.2) is 54.5 Å². The SMILES string of the molecule is C=CS(=O)(=O)OC1C=Cc2cccc3cccc1c23. The van der Waals surface area contributed by atoms with Gasteiger partial charge in [-0.25, -0.2) is 0 Å². The van der Waals surface area contributed by atoms with Gasteiger partial charge in [0.15, 0.2) is 0 Å². The average molecular weight is 272 g/mol. The van der Waals surface area contributed by atoms with Crippen molar-refractivity contribution in [2.45, 2.75) is 6.10 Å². The van der Waals surface area contributed by atoms with E-state index in [9.17, 15) is 8.42 Å². The molecule has 0 heterocycles. The Labute approximate surface area is 112 Å². The van der Waals surface area contributed by atoms with Gasteiger partial charge in [0.05, 0.1) is 5.41 Å². The second-order valence-corrected chi connectivity index (χ2v) is 5.84. The third-order valence-electron chi connectivity index (χ3n) is 3.17. The van der Waals surface area contributed by atoms with Crippen LogP contribution in [-0.4, -0.2) is 8.42 Å². The molecule has 3 rings (SSSR count). The Balaban J connectivity index is 2.17. The van der Waals surface area contributed by atoms with Crippen LogP contribution in [0.2, 0.25) is 0 Å². The summed E-state index contributed by atoms with van der Waals surface area (Å²) in [6.07, 6.45) is 3.04. The van der Waals surface area contributed by atoms with Crippen LogP contribution < -0.4 is 0 Å². The fraction of sp³-hybridized carbons (Fsp3) is 0.0667. The zero-order valence-corrected chi connectivity index (χ0v) is 10.9. The summed E-state index contributed by atoms with van der Waals surface area (Å²) in [5.74, 6) is 0. The van der Waals surface area contributed by atoms with Gasteiger partial charge in [-0.05, 0) is 28.0 Å². The highest BCUT2D eigenvalue weighted by atomic mass is 32.2. The number of benzene rings is 2. The van der Waals surface area contributed by atoms with E-state index in [0.29, 0.717) is 0 Å². The van der Waals surface area contributed by atoms with Crippen molar-refractivity contribution in [3.63, 3.8) is 0 Å². The minimum atomic E-state index is -3.71. The van der Waals surface area contributed by atoms with Gasteiger partial charge in [-0.2, -0.15) is 8.42 Å². The Kier molecular flexibility index (Phi) is 2.77. The third kappa shape index (κ3) is 2.09. The molecule has 0 fully saturated rings. The molecular weight excluding hydrogens is 260 g/mol. The summed E-state index contributed by atoms with van der Waals surface area (Å²) in [4.78, 5) is 0. The molecule has 4 heteroatoms. The van der Waals surface area contributed by atoms with Crippen LogP contribution in [-0.2, 0) is 14.3 Å².